The van der Waals surface area contributed by atoms with Crippen molar-refractivity contribution in [3.63, 3.8) is 0 Å². The number of thioether (sulfide) groups is 1. The lowest BCUT2D eigenvalue weighted by molar-refractivity contribution is 0.0839. The average molecular weight is 272 g/mol. The van der Waals surface area contributed by atoms with E-state index in [9.17, 15) is 5.11 Å². The van der Waals surface area contributed by atoms with E-state index in [0.29, 0.717) is 5.75 Å². The minimum Gasteiger partial charge on any atom is -0.385 e. The lowest BCUT2D eigenvalue weighted by atomic mass is 9.99. The Bertz CT molecular complexity index is 520. The summed E-state index contributed by atoms with van der Waals surface area (Å²) in [7, 11) is 0. The van der Waals surface area contributed by atoms with Crippen molar-refractivity contribution in [2.75, 3.05) is 5.75 Å². The summed E-state index contributed by atoms with van der Waals surface area (Å²) in [5.41, 5.74) is 2.81. The smallest absolute Gasteiger partial charge is 0.0958 e. The lowest BCUT2D eigenvalue weighted by Gasteiger charge is -2.23. The molecule has 1 N–H and O–H groups in total. The summed E-state index contributed by atoms with van der Waals surface area (Å²) in [6.07, 6.45) is 0. The second-order valence-electron chi connectivity index (χ2n) is 5.12. The molecule has 1 nitrogen and oxygen atoms in total. The van der Waals surface area contributed by atoms with Gasteiger partial charge in [0.05, 0.1) is 5.60 Å². The Hall–Kier alpha value is -1.25. The van der Waals surface area contributed by atoms with Gasteiger partial charge in [0, 0.05) is 11.5 Å². The second kappa shape index (κ2) is 6.27. The molecule has 0 bridgehead atoms. The first kappa shape index (κ1) is 14.2. The topological polar surface area (TPSA) is 20.2 Å². The van der Waals surface area contributed by atoms with E-state index >= 15 is 0 Å². The van der Waals surface area contributed by atoms with Crippen LogP contribution in [-0.2, 0) is 11.4 Å². The zero-order valence-electron chi connectivity index (χ0n) is 11.5. The SMILES string of the molecule is Cc1cccc(CSCC(C)(O)c2ccccc2)c1. The predicted octanol–water partition coefficient (Wildman–Crippen LogP) is 4.14. The van der Waals surface area contributed by atoms with Gasteiger partial charge in [0.2, 0.25) is 0 Å². The number of aryl methyl sites for hydroxylation is 1. The van der Waals surface area contributed by atoms with E-state index in [1.807, 2.05) is 37.3 Å². The Kier molecular flexibility index (Phi) is 4.67. The van der Waals surface area contributed by atoms with Crippen LogP contribution in [0.25, 0.3) is 0 Å². The standard InChI is InChI=1S/C17H20OS/c1-14-7-6-8-15(11-14)12-19-13-17(2,18)16-9-4-3-5-10-16/h3-11,18H,12-13H2,1-2H3. The maximum Gasteiger partial charge on any atom is 0.0958 e. The quantitative estimate of drug-likeness (QED) is 0.883. The monoisotopic (exact) mass is 272 g/mol. The molecule has 0 radical (unpaired) electrons. The Balaban J connectivity index is 1.92. The molecule has 2 aromatic carbocycles. The zero-order chi connectivity index (χ0) is 13.7. The summed E-state index contributed by atoms with van der Waals surface area (Å²) in [5.74, 6) is 1.63. The average Bonchev–Trinajstić information content (AvgIpc) is 2.40. The van der Waals surface area contributed by atoms with Gasteiger partial charge in [0.15, 0.2) is 0 Å². The van der Waals surface area contributed by atoms with Crippen molar-refractivity contribution in [1.29, 1.82) is 0 Å². The molecular weight excluding hydrogens is 252 g/mol. The summed E-state index contributed by atoms with van der Waals surface area (Å²) in [6.45, 7) is 3.99. The number of benzene rings is 2. The Morgan fingerprint density at radius 3 is 2.47 bits per heavy atom. The normalized spacial score (nSPS) is 14.1. The number of hydrogen-bond donors (Lipinski definition) is 1. The van der Waals surface area contributed by atoms with Gasteiger partial charge in [-0.15, -0.1) is 0 Å². The van der Waals surface area contributed by atoms with Crippen molar-refractivity contribution in [1.82, 2.24) is 0 Å². The molecule has 0 saturated carbocycles. The first-order valence-electron chi connectivity index (χ1n) is 6.49. The summed E-state index contributed by atoms with van der Waals surface area (Å²) >= 11 is 1.77. The maximum atomic E-state index is 10.5. The molecular formula is C17H20OS. The van der Waals surface area contributed by atoms with Crippen LogP contribution < -0.4 is 0 Å². The molecule has 0 heterocycles. The summed E-state index contributed by atoms with van der Waals surface area (Å²) < 4.78 is 0. The molecule has 19 heavy (non-hydrogen) atoms. The molecule has 0 aliphatic carbocycles. The zero-order valence-corrected chi connectivity index (χ0v) is 12.3. The number of aliphatic hydroxyl groups is 1. The van der Waals surface area contributed by atoms with Crippen molar-refractivity contribution in [2.24, 2.45) is 0 Å². The molecule has 0 amide bonds. The van der Waals surface area contributed by atoms with Crippen LogP contribution in [-0.4, -0.2) is 10.9 Å². The van der Waals surface area contributed by atoms with Crippen LogP contribution in [0.1, 0.15) is 23.6 Å². The minimum absolute atomic E-state index is 0.699. The van der Waals surface area contributed by atoms with E-state index in [4.69, 9.17) is 0 Å². The van der Waals surface area contributed by atoms with E-state index in [1.165, 1.54) is 11.1 Å². The lowest BCUT2D eigenvalue weighted by Crippen LogP contribution is -2.24. The molecule has 2 aromatic rings. The Morgan fingerprint density at radius 1 is 1.05 bits per heavy atom. The first-order chi connectivity index (χ1) is 9.08. The van der Waals surface area contributed by atoms with Gasteiger partial charge in [-0.3, -0.25) is 0 Å². The van der Waals surface area contributed by atoms with Crippen LogP contribution in [0.3, 0.4) is 0 Å². The van der Waals surface area contributed by atoms with Crippen molar-refractivity contribution in [3.05, 3.63) is 71.3 Å². The molecule has 0 spiro atoms. The molecule has 2 heteroatoms. The molecule has 0 saturated heterocycles. The Morgan fingerprint density at radius 2 is 1.79 bits per heavy atom. The van der Waals surface area contributed by atoms with Crippen LogP contribution in [0, 0.1) is 6.92 Å². The van der Waals surface area contributed by atoms with Gasteiger partial charge in [-0.2, -0.15) is 11.8 Å². The molecule has 1 atom stereocenters. The van der Waals surface area contributed by atoms with Gasteiger partial charge in [-0.25, -0.2) is 0 Å². The van der Waals surface area contributed by atoms with Crippen molar-refractivity contribution in [3.8, 4) is 0 Å². The van der Waals surface area contributed by atoms with Crippen LogP contribution in [0.2, 0.25) is 0 Å². The van der Waals surface area contributed by atoms with Crippen LogP contribution >= 0.6 is 11.8 Å². The predicted molar refractivity (Wildman–Crippen MR) is 83.4 cm³/mol. The van der Waals surface area contributed by atoms with Gasteiger partial charge in [-0.05, 0) is 25.0 Å². The molecule has 2 rings (SSSR count). The largest absolute Gasteiger partial charge is 0.385 e. The van der Waals surface area contributed by atoms with Gasteiger partial charge in [-0.1, -0.05) is 60.2 Å². The molecule has 0 fully saturated rings. The van der Waals surface area contributed by atoms with Gasteiger partial charge in [0.1, 0.15) is 0 Å². The third kappa shape index (κ3) is 4.12. The molecule has 0 aliphatic rings. The van der Waals surface area contributed by atoms with Gasteiger partial charge < -0.3 is 5.11 Å². The summed E-state index contributed by atoms with van der Waals surface area (Å²) in [6, 6.07) is 18.4. The van der Waals surface area contributed by atoms with Crippen molar-refractivity contribution in [2.45, 2.75) is 25.2 Å². The number of hydrogen-bond acceptors (Lipinski definition) is 2. The maximum absolute atomic E-state index is 10.5. The fraction of sp³-hybridized carbons (Fsp3) is 0.294. The fourth-order valence-corrected chi connectivity index (χ4v) is 3.13. The third-order valence-corrected chi connectivity index (χ3v) is 4.43. The minimum atomic E-state index is -0.768. The van der Waals surface area contributed by atoms with Gasteiger partial charge in [0.25, 0.3) is 0 Å². The fourth-order valence-electron chi connectivity index (χ4n) is 2.05. The van der Waals surface area contributed by atoms with E-state index in [0.717, 1.165) is 11.3 Å². The highest BCUT2D eigenvalue weighted by Crippen LogP contribution is 2.26. The molecule has 100 valence electrons. The summed E-state index contributed by atoms with van der Waals surface area (Å²) in [5, 5.41) is 10.5. The highest BCUT2D eigenvalue weighted by atomic mass is 32.2. The number of rotatable bonds is 5. The highest BCUT2D eigenvalue weighted by molar-refractivity contribution is 7.98. The van der Waals surface area contributed by atoms with E-state index in [2.05, 4.69) is 31.2 Å². The van der Waals surface area contributed by atoms with E-state index < -0.39 is 5.60 Å². The van der Waals surface area contributed by atoms with Gasteiger partial charge >= 0.3 is 0 Å². The second-order valence-corrected chi connectivity index (χ2v) is 6.11. The Labute approximate surface area is 119 Å². The van der Waals surface area contributed by atoms with E-state index in [1.54, 1.807) is 11.8 Å². The summed E-state index contributed by atoms with van der Waals surface area (Å²) in [4.78, 5) is 0. The molecule has 0 aliphatic heterocycles. The molecule has 0 aromatic heterocycles. The highest BCUT2D eigenvalue weighted by Gasteiger charge is 2.22. The van der Waals surface area contributed by atoms with Crippen molar-refractivity contribution < 1.29 is 5.11 Å². The van der Waals surface area contributed by atoms with Crippen LogP contribution in [0.4, 0.5) is 0 Å². The molecule has 1 unspecified atom stereocenters. The van der Waals surface area contributed by atoms with Crippen LogP contribution in [0.15, 0.2) is 54.6 Å². The third-order valence-electron chi connectivity index (χ3n) is 3.13. The van der Waals surface area contributed by atoms with Crippen LogP contribution in [0.5, 0.6) is 0 Å². The first-order valence-corrected chi connectivity index (χ1v) is 7.64. The van der Waals surface area contributed by atoms with E-state index in [-0.39, 0.29) is 0 Å². The van der Waals surface area contributed by atoms with Crippen molar-refractivity contribution >= 4 is 11.8 Å².